The van der Waals surface area contributed by atoms with E-state index < -0.39 is 11.6 Å². The van der Waals surface area contributed by atoms with Crippen LogP contribution < -0.4 is 15.5 Å². The molecule has 106 valence electrons. The van der Waals surface area contributed by atoms with Gasteiger partial charge in [-0.3, -0.25) is 15.0 Å². The average Bonchev–Trinajstić information content (AvgIpc) is 2.63. The summed E-state index contributed by atoms with van der Waals surface area (Å²) in [6.07, 6.45) is 1.12. The molecule has 0 atom stereocenters. The summed E-state index contributed by atoms with van der Waals surface area (Å²) in [6, 6.07) is 4.48. The van der Waals surface area contributed by atoms with Gasteiger partial charge >= 0.3 is 6.03 Å². The Kier molecular flexibility index (Phi) is 3.36. The fourth-order valence-corrected chi connectivity index (χ4v) is 3.35. The third-order valence-electron chi connectivity index (χ3n) is 3.86. The molecule has 2 saturated heterocycles. The van der Waals surface area contributed by atoms with E-state index in [9.17, 15) is 9.59 Å². The summed E-state index contributed by atoms with van der Waals surface area (Å²) in [5, 5.41) is 6.44. The van der Waals surface area contributed by atoms with E-state index in [1.807, 2.05) is 0 Å². The minimum Gasteiger partial charge on any atom is -0.317 e. The third kappa shape index (κ3) is 1.97. The van der Waals surface area contributed by atoms with Gasteiger partial charge in [-0.05, 0) is 44.1 Å². The molecule has 2 aliphatic rings. The molecule has 1 spiro atoms. The summed E-state index contributed by atoms with van der Waals surface area (Å²) in [6.45, 7) is 1.37. The van der Waals surface area contributed by atoms with Crippen molar-refractivity contribution in [1.82, 2.24) is 10.6 Å². The molecule has 2 N–H and O–H groups in total. The standard InChI is InChI=1S/C13H13Cl2N3O2/c14-8-1-2-10(9(15)7-8)18-12(20)17-11(19)13(18)3-5-16-6-4-13/h1-2,7,16H,3-6H2,(H,17,19,20). The van der Waals surface area contributed by atoms with Crippen LogP contribution in [0.2, 0.25) is 10.0 Å². The molecule has 0 bridgehead atoms. The van der Waals surface area contributed by atoms with Crippen molar-refractivity contribution in [2.45, 2.75) is 18.4 Å². The number of anilines is 1. The highest BCUT2D eigenvalue weighted by atomic mass is 35.5. The van der Waals surface area contributed by atoms with Crippen molar-refractivity contribution in [3.05, 3.63) is 28.2 Å². The second kappa shape index (κ2) is 4.91. The third-order valence-corrected chi connectivity index (χ3v) is 4.39. The van der Waals surface area contributed by atoms with Crippen molar-refractivity contribution in [1.29, 1.82) is 0 Å². The lowest BCUT2D eigenvalue weighted by Crippen LogP contribution is -2.56. The Balaban J connectivity index is 2.09. The van der Waals surface area contributed by atoms with Crippen LogP contribution in [-0.4, -0.2) is 30.6 Å². The molecular weight excluding hydrogens is 301 g/mol. The van der Waals surface area contributed by atoms with Crippen LogP contribution in [0.4, 0.5) is 10.5 Å². The van der Waals surface area contributed by atoms with Gasteiger partial charge in [-0.2, -0.15) is 0 Å². The predicted molar refractivity (Wildman–Crippen MR) is 77.3 cm³/mol. The first-order valence-corrected chi connectivity index (χ1v) is 7.12. The van der Waals surface area contributed by atoms with Crippen molar-refractivity contribution < 1.29 is 9.59 Å². The Labute approximate surface area is 126 Å². The van der Waals surface area contributed by atoms with Crippen molar-refractivity contribution >= 4 is 40.8 Å². The molecule has 1 aromatic carbocycles. The van der Waals surface area contributed by atoms with Gasteiger partial charge in [0.25, 0.3) is 5.91 Å². The van der Waals surface area contributed by atoms with E-state index in [1.165, 1.54) is 4.90 Å². The van der Waals surface area contributed by atoms with E-state index in [0.717, 1.165) is 0 Å². The number of hydrogen-bond donors (Lipinski definition) is 2. The number of carbonyl (C=O) groups is 2. The van der Waals surface area contributed by atoms with E-state index in [-0.39, 0.29) is 5.91 Å². The molecular formula is C13H13Cl2N3O2. The van der Waals surface area contributed by atoms with Crippen LogP contribution in [0.1, 0.15) is 12.8 Å². The Morgan fingerprint density at radius 1 is 1.15 bits per heavy atom. The van der Waals surface area contributed by atoms with Gasteiger partial charge in [0.15, 0.2) is 0 Å². The molecule has 0 aliphatic carbocycles. The van der Waals surface area contributed by atoms with E-state index in [2.05, 4.69) is 10.6 Å². The van der Waals surface area contributed by atoms with Gasteiger partial charge in [-0.1, -0.05) is 23.2 Å². The van der Waals surface area contributed by atoms with Gasteiger partial charge in [0.1, 0.15) is 5.54 Å². The van der Waals surface area contributed by atoms with Crippen molar-refractivity contribution in [2.24, 2.45) is 0 Å². The lowest BCUT2D eigenvalue weighted by atomic mass is 9.86. The number of piperidine rings is 1. The largest absolute Gasteiger partial charge is 0.329 e. The Morgan fingerprint density at radius 2 is 1.85 bits per heavy atom. The molecule has 3 rings (SSSR count). The minimum absolute atomic E-state index is 0.255. The second-order valence-corrected chi connectivity index (χ2v) is 5.82. The van der Waals surface area contributed by atoms with Crippen LogP contribution in [0.5, 0.6) is 0 Å². The summed E-state index contributed by atoms with van der Waals surface area (Å²) >= 11 is 12.1. The van der Waals surface area contributed by atoms with Gasteiger partial charge in [-0.15, -0.1) is 0 Å². The molecule has 3 amide bonds. The lowest BCUT2D eigenvalue weighted by Gasteiger charge is -2.38. The number of benzene rings is 1. The highest BCUT2D eigenvalue weighted by Crippen LogP contribution is 2.39. The molecule has 1 aromatic rings. The number of carbonyl (C=O) groups excluding carboxylic acids is 2. The molecule has 2 fully saturated rings. The highest BCUT2D eigenvalue weighted by molar-refractivity contribution is 6.37. The zero-order valence-corrected chi connectivity index (χ0v) is 12.1. The topological polar surface area (TPSA) is 61.4 Å². The van der Waals surface area contributed by atoms with Gasteiger partial charge in [0.05, 0.1) is 10.7 Å². The van der Waals surface area contributed by atoms with Gasteiger partial charge in [0, 0.05) is 5.02 Å². The first kappa shape index (κ1) is 13.7. The van der Waals surface area contributed by atoms with Crippen LogP contribution in [-0.2, 0) is 4.79 Å². The molecule has 0 unspecified atom stereocenters. The van der Waals surface area contributed by atoms with Gasteiger partial charge < -0.3 is 5.32 Å². The van der Waals surface area contributed by atoms with E-state index in [4.69, 9.17) is 23.2 Å². The van der Waals surface area contributed by atoms with E-state index in [0.29, 0.717) is 41.7 Å². The van der Waals surface area contributed by atoms with Crippen molar-refractivity contribution in [2.75, 3.05) is 18.0 Å². The molecule has 20 heavy (non-hydrogen) atoms. The molecule has 2 aliphatic heterocycles. The maximum Gasteiger partial charge on any atom is 0.329 e. The molecule has 2 heterocycles. The SMILES string of the molecule is O=C1NC(=O)C2(CCNCC2)N1c1ccc(Cl)cc1Cl. The minimum atomic E-state index is -0.847. The molecule has 0 radical (unpaired) electrons. The predicted octanol–water partition coefficient (Wildman–Crippen LogP) is 2.17. The fourth-order valence-electron chi connectivity index (χ4n) is 2.86. The molecule has 5 nitrogen and oxygen atoms in total. The smallest absolute Gasteiger partial charge is 0.317 e. The molecule has 0 saturated carbocycles. The van der Waals surface area contributed by atoms with E-state index in [1.54, 1.807) is 18.2 Å². The normalized spacial score (nSPS) is 21.4. The highest BCUT2D eigenvalue weighted by Gasteiger charge is 2.54. The summed E-state index contributed by atoms with van der Waals surface area (Å²) in [7, 11) is 0. The van der Waals surface area contributed by atoms with Crippen molar-refractivity contribution in [3.63, 3.8) is 0 Å². The van der Waals surface area contributed by atoms with Crippen LogP contribution in [0.25, 0.3) is 0 Å². The molecule has 0 aromatic heterocycles. The lowest BCUT2D eigenvalue weighted by molar-refractivity contribution is -0.124. The monoisotopic (exact) mass is 313 g/mol. The maximum atomic E-state index is 12.3. The van der Waals surface area contributed by atoms with Crippen molar-refractivity contribution in [3.8, 4) is 0 Å². The number of urea groups is 1. The average molecular weight is 314 g/mol. The summed E-state index contributed by atoms with van der Waals surface area (Å²) in [4.78, 5) is 25.9. The number of nitrogens with one attached hydrogen (secondary N) is 2. The molecule has 7 heteroatoms. The summed E-state index contributed by atoms with van der Waals surface area (Å²) in [5.41, 5.74) is -0.332. The van der Waals surface area contributed by atoms with Crippen LogP contribution in [0, 0.1) is 0 Å². The number of hydrogen-bond acceptors (Lipinski definition) is 3. The quantitative estimate of drug-likeness (QED) is 0.781. The zero-order chi connectivity index (χ0) is 14.3. The Bertz CT molecular complexity index is 585. The number of imide groups is 1. The maximum absolute atomic E-state index is 12.3. The van der Waals surface area contributed by atoms with E-state index >= 15 is 0 Å². The number of amides is 3. The second-order valence-electron chi connectivity index (χ2n) is 4.97. The Hall–Kier alpha value is -1.30. The zero-order valence-electron chi connectivity index (χ0n) is 10.6. The van der Waals surface area contributed by atoms with Gasteiger partial charge in [0.2, 0.25) is 0 Å². The Morgan fingerprint density at radius 3 is 2.50 bits per heavy atom. The van der Waals surface area contributed by atoms with Crippen LogP contribution in [0.15, 0.2) is 18.2 Å². The number of halogens is 2. The summed E-state index contributed by atoms with van der Waals surface area (Å²) in [5.74, 6) is -0.255. The number of nitrogens with zero attached hydrogens (tertiary/aromatic N) is 1. The fraction of sp³-hybridized carbons (Fsp3) is 0.385. The van der Waals surface area contributed by atoms with Gasteiger partial charge in [-0.25, -0.2) is 4.79 Å². The number of rotatable bonds is 1. The first-order chi connectivity index (χ1) is 9.54. The summed E-state index contributed by atoms with van der Waals surface area (Å²) < 4.78 is 0. The van der Waals surface area contributed by atoms with Crippen LogP contribution >= 0.6 is 23.2 Å². The first-order valence-electron chi connectivity index (χ1n) is 6.36. The van der Waals surface area contributed by atoms with Crippen LogP contribution in [0.3, 0.4) is 0 Å².